The number of aromatic carboxylic acids is 1. The number of hydrogen-bond donors (Lipinski definition) is 2. The summed E-state index contributed by atoms with van der Waals surface area (Å²) in [6.45, 7) is 2.57. The minimum absolute atomic E-state index is 0.181. The van der Waals surface area contributed by atoms with Crippen LogP contribution in [0.4, 0.5) is 16.2 Å². The van der Waals surface area contributed by atoms with Gasteiger partial charge in [-0.15, -0.1) is 0 Å². The van der Waals surface area contributed by atoms with E-state index in [0.717, 1.165) is 12.8 Å². The number of carboxylic acids is 1. The highest BCUT2D eigenvalue weighted by molar-refractivity contribution is 6.33. The Morgan fingerprint density at radius 2 is 1.79 bits per heavy atom. The van der Waals surface area contributed by atoms with Crippen LogP contribution in [0.3, 0.4) is 0 Å². The molecule has 0 aliphatic carbocycles. The average Bonchev–Trinajstić information content (AvgIpc) is 2.58. The number of urea groups is 1. The maximum absolute atomic E-state index is 12.6. The van der Waals surface area contributed by atoms with Crippen LogP contribution in [-0.2, 0) is 0 Å². The van der Waals surface area contributed by atoms with E-state index in [4.69, 9.17) is 16.7 Å². The first-order valence-corrected chi connectivity index (χ1v) is 8.07. The van der Waals surface area contributed by atoms with Crippen molar-refractivity contribution >= 4 is 35.0 Å². The van der Waals surface area contributed by atoms with E-state index in [0.29, 0.717) is 22.9 Å². The van der Waals surface area contributed by atoms with Crippen LogP contribution in [-0.4, -0.2) is 23.7 Å². The zero-order valence-corrected chi connectivity index (χ0v) is 14.1. The van der Waals surface area contributed by atoms with Crippen molar-refractivity contribution < 1.29 is 14.7 Å². The molecule has 0 saturated heterocycles. The third kappa shape index (κ3) is 4.49. The number of hydrogen-bond acceptors (Lipinski definition) is 2. The molecule has 0 unspecified atom stereocenters. The summed E-state index contributed by atoms with van der Waals surface area (Å²) in [5, 5.41) is 12.2. The molecule has 2 rings (SSSR count). The Bertz CT molecular complexity index is 716. The van der Waals surface area contributed by atoms with Crippen molar-refractivity contribution in [3.8, 4) is 0 Å². The summed E-state index contributed by atoms with van der Waals surface area (Å²) < 4.78 is 0. The lowest BCUT2D eigenvalue weighted by Gasteiger charge is -2.23. The van der Waals surface area contributed by atoms with Gasteiger partial charge in [-0.05, 0) is 42.8 Å². The van der Waals surface area contributed by atoms with E-state index < -0.39 is 5.97 Å². The molecule has 126 valence electrons. The van der Waals surface area contributed by atoms with Crippen LogP contribution >= 0.6 is 11.6 Å². The zero-order valence-electron chi connectivity index (χ0n) is 13.3. The predicted octanol–water partition coefficient (Wildman–Crippen LogP) is 4.88. The van der Waals surface area contributed by atoms with Gasteiger partial charge in [0.05, 0.1) is 16.3 Å². The average molecular weight is 347 g/mol. The van der Waals surface area contributed by atoms with E-state index in [2.05, 4.69) is 5.32 Å². The number of halogens is 1. The van der Waals surface area contributed by atoms with Crippen molar-refractivity contribution in [1.82, 2.24) is 0 Å². The van der Waals surface area contributed by atoms with Crippen molar-refractivity contribution in [2.45, 2.75) is 19.8 Å². The van der Waals surface area contributed by atoms with Gasteiger partial charge in [0.25, 0.3) is 0 Å². The molecule has 0 fully saturated rings. The first kappa shape index (κ1) is 17.8. The number of carbonyl (C=O) groups is 2. The highest BCUT2D eigenvalue weighted by Crippen LogP contribution is 2.23. The van der Waals surface area contributed by atoms with Gasteiger partial charge in [0, 0.05) is 12.2 Å². The van der Waals surface area contributed by atoms with Crippen molar-refractivity contribution in [2.75, 3.05) is 16.8 Å². The summed E-state index contributed by atoms with van der Waals surface area (Å²) in [7, 11) is 0. The topological polar surface area (TPSA) is 69.6 Å². The molecule has 0 heterocycles. The van der Waals surface area contributed by atoms with Crippen LogP contribution in [0, 0.1) is 0 Å². The molecule has 5 nitrogen and oxygen atoms in total. The minimum atomic E-state index is -0.998. The number of carboxylic acid groups (broad SMARTS) is 1. The van der Waals surface area contributed by atoms with Crippen LogP contribution in [0.5, 0.6) is 0 Å². The molecule has 2 N–H and O–H groups in total. The van der Waals surface area contributed by atoms with E-state index in [1.165, 1.54) is 12.1 Å². The lowest BCUT2D eigenvalue weighted by atomic mass is 10.2. The number of amides is 2. The number of unbranched alkanes of at least 4 members (excludes halogenated alkanes) is 1. The Morgan fingerprint density at radius 1 is 1.12 bits per heavy atom. The highest BCUT2D eigenvalue weighted by Gasteiger charge is 2.17. The van der Waals surface area contributed by atoms with Gasteiger partial charge >= 0.3 is 12.0 Å². The first-order chi connectivity index (χ1) is 11.5. The van der Waals surface area contributed by atoms with Gasteiger partial charge in [-0.3, -0.25) is 4.90 Å². The summed E-state index contributed by atoms with van der Waals surface area (Å²) in [5.41, 5.74) is 1.35. The molecule has 24 heavy (non-hydrogen) atoms. The van der Waals surface area contributed by atoms with Gasteiger partial charge in [-0.1, -0.05) is 37.1 Å². The lowest BCUT2D eigenvalue weighted by Crippen LogP contribution is -2.35. The number of anilines is 2. The maximum Gasteiger partial charge on any atom is 0.335 e. The second-order valence-corrected chi connectivity index (χ2v) is 5.67. The summed E-state index contributed by atoms with van der Waals surface area (Å²) >= 11 is 6.08. The van der Waals surface area contributed by atoms with Gasteiger partial charge in [0.2, 0.25) is 0 Å². The fraction of sp³-hybridized carbons (Fsp3) is 0.222. The number of rotatable bonds is 6. The fourth-order valence-electron chi connectivity index (χ4n) is 2.19. The molecular weight excluding hydrogens is 328 g/mol. The van der Waals surface area contributed by atoms with Crippen molar-refractivity contribution in [2.24, 2.45) is 0 Å². The van der Waals surface area contributed by atoms with Crippen LogP contribution in [0.1, 0.15) is 30.1 Å². The van der Waals surface area contributed by atoms with E-state index in [9.17, 15) is 9.59 Å². The molecular formula is C18H19ClN2O3. The Balaban J connectivity index is 2.22. The SMILES string of the molecule is CCCCN(C(=O)Nc1ccccc1Cl)c1ccc(C(=O)O)cc1. The van der Waals surface area contributed by atoms with E-state index in [1.54, 1.807) is 41.3 Å². The fourth-order valence-corrected chi connectivity index (χ4v) is 2.38. The van der Waals surface area contributed by atoms with Gasteiger partial charge < -0.3 is 10.4 Å². The van der Waals surface area contributed by atoms with Gasteiger partial charge in [-0.2, -0.15) is 0 Å². The van der Waals surface area contributed by atoms with E-state index in [-0.39, 0.29) is 11.6 Å². The second kappa shape index (κ2) is 8.36. The molecule has 2 aromatic rings. The first-order valence-electron chi connectivity index (χ1n) is 7.69. The summed E-state index contributed by atoms with van der Waals surface area (Å²) in [6, 6.07) is 12.9. The summed E-state index contributed by atoms with van der Waals surface area (Å²) in [5.74, 6) is -0.998. The monoisotopic (exact) mass is 346 g/mol. The molecule has 0 atom stereocenters. The van der Waals surface area contributed by atoms with Crippen molar-refractivity contribution in [1.29, 1.82) is 0 Å². The van der Waals surface area contributed by atoms with Crippen LogP contribution in [0.2, 0.25) is 5.02 Å². The van der Waals surface area contributed by atoms with Crippen molar-refractivity contribution in [3.05, 3.63) is 59.1 Å². The van der Waals surface area contributed by atoms with Gasteiger partial charge in [-0.25, -0.2) is 9.59 Å². The predicted molar refractivity (Wildman–Crippen MR) is 96.1 cm³/mol. The number of nitrogens with zero attached hydrogens (tertiary/aromatic N) is 1. The number of para-hydroxylation sites is 1. The minimum Gasteiger partial charge on any atom is -0.478 e. The van der Waals surface area contributed by atoms with Gasteiger partial charge in [0.15, 0.2) is 0 Å². The lowest BCUT2D eigenvalue weighted by molar-refractivity contribution is 0.0697. The quantitative estimate of drug-likeness (QED) is 0.783. The molecule has 2 aromatic carbocycles. The number of benzene rings is 2. The van der Waals surface area contributed by atoms with Crippen LogP contribution in [0.25, 0.3) is 0 Å². The molecule has 6 heteroatoms. The zero-order chi connectivity index (χ0) is 17.5. The number of nitrogens with one attached hydrogen (secondary N) is 1. The Labute approximate surface area is 145 Å². The Morgan fingerprint density at radius 3 is 2.38 bits per heavy atom. The largest absolute Gasteiger partial charge is 0.478 e. The number of carbonyl (C=O) groups excluding carboxylic acids is 1. The molecule has 2 amide bonds. The van der Waals surface area contributed by atoms with Crippen LogP contribution < -0.4 is 10.2 Å². The summed E-state index contributed by atoms with van der Waals surface area (Å²) in [4.78, 5) is 25.2. The maximum atomic E-state index is 12.6. The third-order valence-electron chi connectivity index (χ3n) is 3.52. The summed E-state index contributed by atoms with van der Waals surface area (Å²) in [6.07, 6.45) is 1.76. The molecule has 0 aliphatic heterocycles. The molecule has 0 aliphatic rings. The van der Waals surface area contributed by atoms with E-state index >= 15 is 0 Å². The van der Waals surface area contributed by atoms with Crippen molar-refractivity contribution in [3.63, 3.8) is 0 Å². The smallest absolute Gasteiger partial charge is 0.335 e. The normalized spacial score (nSPS) is 10.2. The second-order valence-electron chi connectivity index (χ2n) is 5.27. The highest BCUT2D eigenvalue weighted by atomic mass is 35.5. The van der Waals surface area contributed by atoms with Gasteiger partial charge in [0.1, 0.15) is 0 Å². The third-order valence-corrected chi connectivity index (χ3v) is 3.85. The van der Waals surface area contributed by atoms with Crippen LogP contribution in [0.15, 0.2) is 48.5 Å². The Kier molecular flexibility index (Phi) is 6.21. The van der Waals surface area contributed by atoms with E-state index in [1.807, 2.05) is 6.92 Å². The molecule has 0 bridgehead atoms. The molecule has 0 radical (unpaired) electrons. The molecule has 0 spiro atoms. The molecule has 0 saturated carbocycles. The standard InChI is InChI=1S/C18H19ClN2O3/c1-2-3-12-21(14-10-8-13(9-11-14)17(22)23)18(24)20-16-7-5-4-6-15(16)19/h4-11H,2-3,12H2,1H3,(H,20,24)(H,22,23). The molecule has 0 aromatic heterocycles. The Hall–Kier alpha value is -2.53.